The number of carbonyl (C=O) groups excluding carboxylic acids is 2. The summed E-state index contributed by atoms with van der Waals surface area (Å²) in [7, 11) is -2.78. The summed E-state index contributed by atoms with van der Waals surface area (Å²) in [5.74, 6) is -0.461. The van der Waals surface area contributed by atoms with Gasteiger partial charge in [-0.25, -0.2) is 8.42 Å². The number of carbonyl (C=O) groups is 2. The number of nitrogens with zero attached hydrogens (tertiary/aromatic N) is 2. The van der Waals surface area contributed by atoms with Gasteiger partial charge >= 0.3 is 0 Å². The van der Waals surface area contributed by atoms with E-state index in [-0.39, 0.29) is 35.5 Å². The van der Waals surface area contributed by atoms with E-state index in [0.717, 1.165) is 9.87 Å². The average molecular weight is 683 g/mol. The molecule has 0 aliphatic carbocycles. The molecule has 0 spiro atoms. The van der Waals surface area contributed by atoms with Crippen molar-refractivity contribution >= 4 is 50.7 Å². The molecular formula is C35H37Cl2N3O5S. The summed E-state index contributed by atoms with van der Waals surface area (Å²) in [6.07, 6.45) is 0.887. The lowest BCUT2D eigenvalue weighted by Gasteiger charge is -2.34. The van der Waals surface area contributed by atoms with Crippen molar-refractivity contribution in [1.82, 2.24) is 10.2 Å². The zero-order chi connectivity index (χ0) is 33.3. The molecule has 0 aromatic heterocycles. The summed E-state index contributed by atoms with van der Waals surface area (Å²) >= 11 is 12.7. The van der Waals surface area contributed by atoms with Gasteiger partial charge in [-0.2, -0.15) is 0 Å². The predicted octanol–water partition coefficient (Wildman–Crippen LogP) is 6.75. The number of rotatable bonds is 14. The first-order valence-electron chi connectivity index (χ1n) is 14.8. The molecule has 46 heavy (non-hydrogen) atoms. The lowest BCUT2D eigenvalue weighted by Crippen LogP contribution is -2.54. The highest BCUT2D eigenvalue weighted by molar-refractivity contribution is 7.92. The van der Waals surface area contributed by atoms with Crippen molar-refractivity contribution in [2.75, 3.05) is 18.0 Å². The second kappa shape index (κ2) is 16.0. The highest BCUT2D eigenvalue weighted by atomic mass is 35.5. The van der Waals surface area contributed by atoms with Crippen LogP contribution in [0.25, 0.3) is 0 Å². The molecule has 4 rings (SSSR count). The molecular weight excluding hydrogens is 645 g/mol. The lowest BCUT2D eigenvalue weighted by molar-refractivity contribution is -0.140. The van der Waals surface area contributed by atoms with Crippen molar-refractivity contribution in [3.8, 4) is 5.75 Å². The van der Waals surface area contributed by atoms with Gasteiger partial charge in [-0.15, -0.1) is 0 Å². The van der Waals surface area contributed by atoms with Gasteiger partial charge in [0.05, 0.1) is 17.7 Å². The van der Waals surface area contributed by atoms with Crippen molar-refractivity contribution in [2.45, 2.75) is 50.2 Å². The Balaban J connectivity index is 1.81. The fourth-order valence-corrected chi connectivity index (χ4v) is 6.55. The Labute approximate surface area is 280 Å². The number of hydrogen-bond acceptors (Lipinski definition) is 5. The molecule has 4 aromatic carbocycles. The van der Waals surface area contributed by atoms with Gasteiger partial charge in [-0.05, 0) is 79.1 Å². The molecule has 2 amide bonds. The van der Waals surface area contributed by atoms with Gasteiger partial charge < -0.3 is 15.0 Å². The SMILES string of the molecule is CC[C@@H](C)NC(=O)[C@@H](Cc1ccccc1)N(Cc1ccccc1Cl)C(=O)CN(c1ccc(Cl)cc1)S(=O)(=O)c1ccc(OC)cc1. The maximum Gasteiger partial charge on any atom is 0.264 e. The van der Waals surface area contributed by atoms with E-state index in [1.807, 2.05) is 44.2 Å². The van der Waals surface area contributed by atoms with Crippen molar-refractivity contribution in [1.29, 1.82) is 0 Å². The lowest BCUT2D eigenvalue weighted by atomic mass is 10.0. The van der Waals surface area contributed by atoms with Crippen LogP contribution in [0.4, 0.5) is 5.69 Å². The van der Waals surface area contributed by atoms with Crippen LogP contribution in [0.2, 0.25) is 10.0 Å². The fourth-order valence-electron chi connectivity index (χ4n) is 4.82. The van der Waals surface area contributed by atoms with Crippen LogP contribution in [0.3, 0.4) is 0 Å². The summed E-state index contributed by atoms with van der Waals surface area (Å²) in [6, 6.07) is 27.4. The molecule has 0 aliphatic heterocycles. The standard InChI is InChI=1S/C35H37Cl2N3O5S/c1-4-25(2)38-35(42)33(22-26-10-6-5-7-11-26)39(23-27-12-8-9-13-32(27)37)34(41)24-40(29-16-14-28(36)15-17-29)46(43,44)31-20-18-30(45-3)19-21-31/h5-21,25,33H,4,22-24H2,1-3H3,(H,38,42)/t25-,33-/m1/s1. The van der Waals surface area contributed by atoms with Crippen molar-refractivity contribution < 1.29 is 22.7 Å². The topological polar surface area (TPSA) is 96.0 Å². The van der Waals surface area contributed by atoms with E-state index in [1.165, 1.54) is 48.4 Å². The number of hydrogen-bond donors (Lipinski definition) is 1. The molecule has 8 nitrogen and oxygen atoms in total. The van der Waals surface area contributed by atoms with E-state index in [9.17, 15) is 18.0 Å². The van der Waals surface area contributed by atoms with E-state index in [2.05, 4.69) is 5.32 Å². The second-order valence-corrected chi connectivity index (χ2v) is 13.5. The first-order valence-corrected chi connectivity index (χ1v) is 17.0. The van der Waals surface area contributed by atoms with Crippen LogP contribution in [-0.4, -0.2) is 50.9 Å². The summed E-state index contributed by atoms with van der Waals surface area (Å²) in [4.78, 5) is 29.8. The fraction of sp³-hybridized carbons (Fsp3) is 0.257. The summed E-state index contributed by atoms with van der Waals surface area (Å²) in [6.45, 7) is 3.22. The van der Waals surface area contributed by atoms with Gasteiger partial charge in [-0.1, -0.05) is 78.7 Å². The van der Waals surface area contributed by atoms with Gasteiger partial charge in [0.1, 0.15) is 18.3 Å². The Hall–Kier alpha value is -4.05. The number of amides is 2. The van der Waals surface area contributed by atoms with E-state index in [4.69, 9.17) is 27.9 Å². The van der Waals surface area contributed by atoms with Crippen molar-refractivity contribution in [3.05, 3.63) is 124 Å². The van der Waals surface area contributed by atoms with Crippen LogP contribution >= 0.6 is 23.2 Å². The number of ether oxygens (including phenoxy) is 1. The van der Waals surface area contributed by atoms with Gasteiger partial charge in [0.25, 0.3) is 10.0 Å². The van der Waals surface area contributed by atoms with Gasteiger partial charge in [0.15, 0.2) is 0 Å². The zero-order valence-corrected chi connectivity index (χ0v) is 28.2. The normalized spacial score (nSPS) is 12.5. The number of anilines is 1. The van der Waals surface area contributed by atoms with Crippen LogP contribution in [0, 0.1) is 0 Å². The summed E-state index contributed by atoms with van der Waals surface area (Å²) in [5.41, 5.74) is 1.68. The predicted molar refractivity (Wildman–Crippen MR) is 183 cm³/mol. The van der Waals surface area contributed by atoms with Gasteiger partial charge in [0, 0.05) is 29.1 Å². The highest BCUT2D eigenvalue weighted by Crippen LogP contribution is 2.28. The molecule has 0 bridgehead atoms. The van der Waals surface area contributed by atoms with E-state index < -0.39 is 28.5 Å². The number of nitrogens with one attached hydrogen (secondary N) is 1. The van der Waals surface area contributed by atoms with Gasteiger partial charge in [-0.3, -0.25) is 13.9 Å². The minimum atomic E-state index is -4.27. The third kappa shape index (κ3) is 8.81. The summed E-state index contributed by atoms with van der Waals surface area (Å²) in [5, 5.41) is 3.84. The molecule has 4 aromatic rings. The monoisotopic (exact) mass is 681 g/mol. The molecule has 1 N–H and O–H groups in total. The third-order valence-electron chi connectivity index (χ3n) is 7.61. The van der Waals surface area contributed by atoms with Crippen LogP contribution in [0.1, 0.15) is 31.4 Å². The Bertz CT molecular complexity index is 1720. The molecule has 0 saturated carbocycles. The largest absolute Gasteiger partial charge is 0.497 e. The summed E-state index contributed by atoms with van der Waals surface area (Å²) < 4.78 is 34.5. The van der Waals surface area contributed by atoms with E-state index in [0.29, 0.717) is 27.8 Å². The average Bonchev–Trinajstić information content (AvgIpc) is 3.06. The molecule has 242 valence electrons. The quantitative estimate of drug-likeness (QED) is 0.159. The molecule has 0 radical (unpaired) electrons. The smallest absolute Gasteiger partial charge is 0.264 e. The highest BCUT2D eigenvalue weighted by Gasteiger charge is 2.35. The van der Waals surface area contributed by atoms with Gasteiger partial charge in [0.2, 0.25) is 11.8 Å². The molecule has 11 heteroatoms. The Morgan fingerprint density at radius 1 is 0.870 bits per heavy atom. The molecule has 2 atom stereocenters. The molecule has 0 fully saturated rings. The van der Waals surface area contributed by atoms with E-state index >= 15 is 0 Å². The third-order valence-corrected chi connectivity index (χ3v) is 10.0. The van der Waals surface area contributed by atoms with Crippen molar-refractivity contribution in [2.24, 2.45) is 0 Å². The first kappa shape index (κ1) is 34.8. The molecule has 0 unspecified atom stereocenters. The van der Waals surface area contributed by atoms with E-state index in [1.54, 1.807) is 36.4 Å². The van der Waals surface area contributed by atoms with Crippen molar-refractivity contribution in [3.63, 3.8) is 0 Å². The maximum atomic E-state index is 14.5. The minimum absolute atomic E-state index is 0.0268. The minimum Gasteiger partial charge on any atom is -0.497 e. The molecule has 0 heterocycles. The number of benzene rings is 4. The van der Waals surface area contributed by atoms with Crippen LogP contribution < -0.4 is 14.4 Å². The number of sulfonamides is 1. The Morgan fingerprint density at radius 3 is 2.11 bits per heavy atom. The van der Waals surface area contributed by atoms with Crippen LogP contribution in [-0.2, 0) is 32.6 Å². The number of halogens is 2. The number of methoxy groups -OCH3 is 1. The molecule has 0 aliphatic rings. The Kier molecular flexibility index (Phi) is 12.1. The zero-order valence-electron chi connectivity index (χ0n) is 25.9. The Morgan fingerprint density at radius 2 is 1.50 bits per heavy atom. The first-order chi connectivity index (χ1) is 22.0. The molecule has 0 saturated heterocycles. The second-order valence-electron chi connectivity index (χ2n) is 10.8. The van der Waals surface area contributed by atoms with Crippen LogP contribution in [0.15, 0.2) is 108 Å². The van der Waals surface area contributed by atoms with Crippen LogP contribution in [0.5, 0.6) is 5.75 Å². The maximum absolute atomic E-state index is 14.5.